The minimum absolute atomic E-state index is 0.0160. The molecule has 0 spiro atoms. The minimum atomic E-state index is -0.568. The maximum atomic E-state index is 12.5. The number of hydrogen-bond acceptors (Lipinski definition) is 8. The molecule has 2 N–H and O–H groups in total. The highest BCUT2D eigenvalue weighted by molar-refractivity contribution is 5.74. The molecule has 0 aromatic heterocycles. The van der Waals surface area contributed by atoms with E-state index in [2.05, 4.69) is 33.8 Å². The Bertz CT molecular complexity index is 1460. The van der Waals surface area contributed by atoms with Gasteiger partial charge in [0.2, 0.25) is 5.88 Å². The quantitative estimate of drug-likeness (QED) is 0.174. The number of methoxy groups -OCH3 is 1. The highest BCUT2D eigenvalue weighted by Crippen LogP contribution is 2.45. The minimum Gasteiger partial charge on any atom is -0.493 e. The molecule has 0 aliphatic carbocycles. The Morgan fingerprint density at radius 3 is 2.39 bits per heavy atom. The number of nitrogens with zero attached hydrogens (tertiary/aromatic N) is 1. The van der Waals surface area contributed by atoms with E-state index < -0.39 is 11.9 Å². The largest absolute Gasteiger partial charge is 0.493 e. The van der Waals surface area contributed by atoms with Gasteiger partial charge in [0.15, 0.2) is 18.1 Å². The van der Waals surface area contributed by atoms with Gasteiger partial charge in [-0.1, -0.05) is 58.4 Å². The molecule has 1 aliphatic heterocycles. The molecule has 1 aliphatic rings. The van der Waals surface area contributed by atoms with Crippen molar-refractivity contribution in [3.8, 4) is 34.8 Å². The normalized spacial score (nSPS) is 14.4. The second-order valence-corrected chi connectivity index (χ2v) is 10.8. The molecular formula is C33H36N2O6. The lowest BCUT2D eigenvalue weighted by molar-refractivity contribution is -0.136. The van der Waals surface area contributed by atoms with E-state index in [4.69, 9.17) is 29.4 Å². The highest BCUT2D eigenvalue weighted by atomic mass is 16.6. The first-order valence-corrected chi connectivity index (χ1v) is 13.6. The zero-order valence-electron chi connectivity index (χ0n) is 24.2. The van der Waals surface area contributed by atoms with Gasteiger partial charge in [-0.05, 0) is 53.3 Å². The second kappa shape index (κ2) is 12.7. The fourth-order valence-corrected chi connectivity index (χ4v) is 4.51. The smallest absolute Gasteiger partial charge is 0.349 e. The average molecular weight is 557 g/mol. The Hall–Kier alpha value is -4.64. The number of unbranched alkanes of at least 4 members (excludes halogenated alkanes) is 1. The second-order valence-electron chi connectivity index (χ2n) is 10.8. The van der Waals surface area contributed by atoms with Crippen molar-refractivity contribution in [1.29, 1.82) is 5.26 Å². The zero-order valence-corrected chi connectivity index (χ0v) is 24.2. The predicted octanol–water partition coefficient (Wildman–Crippen LogP) is 6.37. The monoisotopic (exact) mass is 556 g/mol. The lowest BCUT2D eigenvalue weighted by Gasteiger charge is -2.27. The summed E-state index contributed by atoms with van der Waals surface area (Å²) in [6.07, 6.45) is 1.95. The summed E-state index contributed by atoms with van der Waals surface area (Å²) in [5, 5.41) is 9.92. The standard InChI is InChI=1S/C33H36N2O6/c1-6-7-16-38-27-15-8-21(17-29(27)37-5)31-25-14-13-24(18-28(25)41-32(35)26(31)19-34)40-30(36)20-39-23-11-9-22(10-12-23)33(2,3)4/h8-15,17-18,31H,6-7,16,20,35H2,1-5H3. The molecule has 0 radical (unpaired) electrons. The van der Waals surface area contributed by atoms with Crippen LogP contribution < -0.4 is 29.4 Å². The number of ether oxygens (including phenoxy) is 5. The van der Waals surface area contributed by atoms with Crippen LogP contribution in [0, 0.1) is 11.3 Å². The Kier molecular flexibility index (Phi) is 9.08. The molecule has 1 heterocycles. The number of benzene rings is 3. The van der Waals surface area contributed by atoms with Crippen molar-refractivity contribution in [2.75, 3.05) is 20.3 Å². The third-order valence-electron chi connectivity index (χ3n) is 6.78. The van der Waals surface area contributed by atoms with Crippen LogP contribution >= 0.6 is 0 Å². The van der Waals surface area contributed by atoms with Crippen LogP contribution in [0.3, 0.4) is 0 Å². The third-order valence-corrected chi connectivity index (χ3v) is 6.78. The molecule has 0 amide bonds. The molecule has 1 atom stereocenters. The summed E-state index contributed by atoms with van der Waals surface area (Å²) >= 11 is 0. The van der Waals surface area contributed by atoms with Crippen molar-refractivity contribution in [1.82, 2.24) is 0 Å². The summed E-state index contributed by atoms with van der Waals surface area (Å²) in [6, 6.07) is 20.4. The molecule has 4 rings (SSSR count). The predicted molar refractivity (Wildman–Crippen MR) is 155 cm³/mol. The molecule has 8 heteroatoms. The van der Waals surface area contributed by atoms with E-state index in [0.29, 0.717) is 35.2 Å². The van der Waals surface area contributed by atoms with Crippen molar-refractivity contribution < 1.29 is 28.5 Å². The van der Waals surface area contributed by atoms with Crippen molar-refractivity contribution in [3.05, 3.63) is 88.8 Å². The number of carbonyl (C=O) groups is 1. The van der Waals surface area contributed by atoms with E-state index in [0.717, 1.165) is 18.4 Å². The molecule has 0 bridgehead atoms. The van der Waals surface area contributed by atoms with E-state index in [-0.39, 0.29) is 29.2 Å². The maximum absolute atomic E-state index is 12.5. The molecule has 41 heavy (non-hydrogen) atoms. The van der Waals surface area contributed by atoms with Gasteiger partial charge in [-0.25, -0.2) is 4.79 Å². The number of nitrogens with two attached hydrogens (primary N) is 1. The fourth-order valence-electron chi connectivity index (χ4n) is 4.51. The Morgan fingerprint density at radius 1 is 1.00 bits per heavy atom. The van der Waals surface area contributed by atoms with Gasteiger partial charge < -0.3 is 29.4 Å². The van der Waals surface area contributed by atoms with Crippen LogP contribution in [0.4, 0.5) is 0 Å². The first-order chi connectivity index (χ1) is 19.6. The SMILES string of the molecule is CCCCOc1ccc(C2C(C#N)=C(N)Oc3cc(OC(=O)COc4ccc(C(C)(C)C)cc4)ccc32)cc1OC. The molecular weight excluding hydrogens is 520 g/mol. The first kappa shape index (κ1) is 29.3. The lowest BCUT2D eigenvalue weighted by atomic mass is 9.83. The van der Waals surface area contributed by atoms with E-state index in [1.165, 1.54) is 5.56 Å². The topological polar surface area (TPSA) is 113 Å². The molecule has 3 aromatic carbocycles. The molecule has 8 nitrogen and oxygen atoms in total. The summed E-state index contributed by atoms with van der Waals surface area (Å²) in [7, 11) is 1.57. The Morgan fingerprint density at radius 2 is 1.73 bits per heavy atom. The molecule has 0 saturated carbocycles. The molecule has 0 fully saturated rings. The van der Waals surface area contributed by atoms with Crippen LogP contribution in [0.25, 0.3) is 0 Å². The van der Waals surface area contributed by atoms with Crippen LogP contribution in [0.5, 0.6) is 28.7 Å². The summed E-state index contributed by atoms with van der Waals surface area (Å²) in [4.78, 5) is 12.5. The highest BCUT2D eigenvalue weighted by Gasteiger charge is 2.32. The van der Waals surface area contributed by atoms with E-state index >= 15 is 0 Å². The van der Waals surface area contributed by atoms with Crippen molar-refractivity contribution >= 4 is 5.97 Å². The molecule has 3 aromatic rings. The number of hydrogen-bond donors (Lipinski definition) is 1. The number of carbonyl (C=O) groups excluding carboxylic acids is 1. The van der Waals surface area contributed by atoms with Gasteiger partial charge in [-0.15, -0.1) is 0 Å². The third kappa shape index (κ3) is 6.93. The number of nitriles is 1. The number of esters is 1. The van der Waals surface area contributed by atoms with Gasteiger partial charge >= 0.3 is 5.97 Å². The van der Waals surface area contributed by atoms with Crippen LogP contribution in [-0.2, 0) is 10.2 Å². The summed E-state index contributed by atoms with van der Waals surface area (Å²) in [5.41, 5.74) is 9.11. The maximum Gasteiger partial charge on any atom is 0.349 e. The Labute approximate surface area is 241 Å². The summed E-state index contributed by atoms with van der Waals surface area (Å²) in [5.74, 6) is 1.32. The fraction of sp³-hybridized carbons (Fsp3) is 0.333. The van der Waals surface area contributed by atoms with Gasteiger partial charge in [-0.3, -0.25) is 0 Å². The van der Waals surface area contributed by atoms with Crippen LogP contribution in [-0.4, -0.2) is 26.3 Å². The summed E-state index contributed by atoms with van der Waals surface area (Å²) in [6.45, 7) is 8.81. The van der Waals surface area contributed by atoms with Gasteiger partial charge in [0, 0.05) is 11.6 Å². The molecule has 1 unspecified atom stereocenters. The first-order valence-electron chi connectivity index (χ1n) is 13.6. The Balaban J connectivity index is 1.51. The zero-order chi connectivity index (χ0) is 29.6. The van der Waals surface area contributed by atoms with Gasteiger partial charge in [0.05, 0.1) is 19.6 Å². The average Bonchev–Trinajstić information content (AvgIpc) is 2.95. The number of fused-ring (bicyclic) bond motifs is 1. The van der Waals surface area contributed by atoms with Crippen molar-refractivity contribution in [2.24, 2.45) is 5.73 Å². The van der Waals surface area contributed by atoms with E-state index in [9.17, 15) is 10.1 Å². The van der Waals surface area contributed by atoms with Crippen LogP contribution in [0.2, 0.25) is 0 Å². The van der Waals surface area contributed by atoms with Crippen LogP contribution in [0.1, 0.15) is 63.1 Å². The van der Waals surface area contributed by atoms with Gasteiger partial charge in [-0.2, -0.15) is 5.26 Å². The number of allylic oxidation sites excluding steroid dienone is 1. The van der Waals surface area contributed by atoms with E-state index in [1.54, 1.807) is 25.3 Å². The van der Waals surface area contributed by atoms with E-state index in [1.807, 2.05) is 42.5 Å². The number of rotatable bonds is 10. The van der Waals surface area contributed by atoms with Crippen molar-refractivity contribution in [2.45, 2.75) is 51.9 Å². The summed E-state index contributed by atoms with van der Waals surface area (Å²) < 4.78 is 28.3. The van der Waals surface area contributed by atoms with Gasteiger partial charge in [0.1, 0.15) is 28.9 Å². The lowest BCUT2D eigenvalue weighted by Crippen LogP contribution is -2.22. The van der Waals surface area contributed by atoms with Gasteiger partial charge in [0.25, 0.3) is 0 Å². The molecule has 0 saturated heterocycles. The van der Waals surface area contributed by atoms with Crippen molar-refractivity contribution in [3.63, 3.8) is 0 Å². The molecule has 214 valence electrons. The van der Waals surface area contributed by atoms with Crippen LogP contribution in [0.15, 0.2) is 72.1 Å².